The van der Waals surface area contributed by atoms with E-state index in [-0.39, 0.29) is 12.2 Å². The Morgan fingerprint density at radius 1 is 1.05 bits per heavy atom. The average Bonchev–Trinajstić information content (AvgIpc) is 2.47. The van der Waals surface area contributed by atoms with Crippen molar-refractivity contribution in [3.8, 4) is 0 Å². The molecule has 0 bridgehead atoms. The highest BCUT2D eigenvalue weighted by molar-refractivity contribution is 4.83. The van der Waals surface area contributed by atoms with Crippen molar-refractivity contribution < 1.29 is 9.84 Å². The van der Waals surface area contributed by atoms with Gasteiger partial charge in [0.1, 0.15) is 0 Å². The van der Waals surface area contributed by atoms with E-state index in [0.29, 0.717) is 6.61 Å². The van der Waals surface area contributed by atoms with E-state index < -0.39 is 0 Å². The van der Waals surface area contributed by atoms with Gasteiger partial charge < -0.3 is 9.84 Å². The van der Waals surface area contributed by atoms with E-state index in [0.717, 1.165) is 44.7 Å². The Hall–Kier alpha value is -0.160. The third-order valence-corrected chi connectivity index (χ3v) is 5.00. The lowest BCUT2D eigenvalue weighted by Crippen LogP contribution is -2.52. The average molecular weight is 298 g/mol. The van der Waals surface area contributed by atoms with E-state index in [4.69, 9.17) is 4.74 Å². The Morgan fingerprint density at radius 2 is 1.67 bits per heavy atom. The SMILES string of the molecule is CC1CCC(N2CCN(CC(O)COC(C)C)CC2)CC1. The summed E-state index contributed by atoms with van der Waals surface area (Å²) in [6, 6.07) is 0.817. The molecule has 124 valence electrons. The van der Waals surface area contributed by atoms with E-state index in [1.54, 1.807) is 0 Å². The molecule has 4 heteroatoms. The first-order valence-electron chi connectivity index (χ1n) is 8.80. The highest BCUT2D eigenvalue weighted by Crippen LogP contribution is 2.27. The van der Waals surface area contributed by atoms with Crippen LogP contribution in [0.1, 0.15) is 46.5 Å². The Kier molecular flexibility index (Phi) is 6.93. The first-order chi connectivity index (χ1) is 10.0. The number of β-amino-alcohol motifs (C(OH)–C–C–N with tert-alkyl or cyclic N) is 1. The minimum absolute atomic E-state index is 0.199. The highest BCUT2D eigenvalue weighted by atomic mass is 16.5. The van der Waals surface area contributed by atoms with Crippen molar-refractivity contribution in [2.24, 2.45) is 5.92 Å². The second-order valence-electron chi connectivity index (χ2n) is 7.29. The molecule has 1 unspecified atom stereocenters. The van der Waals surface area contributed by atoms with Crippen molar-refractivity contribution in [3.63, 3.8) is 0 Å². The van der Waals surface area contributed by atoms with E-state index in [1.807, 2.05) is 13.8 Å². The van der Waals surface area contributed by atoms with Gasteiger partial charge in [-0.1, -0.05) is 6.92 Å². The molecule has 1 saturated heterocycles. The molecule has 2 aliphatic rings. The molecule has 2 fully saturated rings. The Morgan fingerprint density at radius 3 is 2.24 bits per heavy atom. The van der Waals surface area contributed by atoms with Crippen LogP contribution in [0.2, 0.25) is 0 Å². The molecule has 0 spiro atoms. The largest absolute Gasteiger partial charge is 0.389 e. The van der Waals surface area contributed by atoms with Gasteiger partial charge in [0.15, 0.2) is 0 Å². The van der Waals surface area contributed by atoms with Crippen LogP contribution in [0.15, 0.2) is 0 Å². The third kappa shape index (κ3) is 5.85. The van der Waals surface area contributed by atoms with Crippen LogP contribution in [0.5, 0.6) is 0 Å². The lowest BCUT2D eigenvalue weighted by atomic mass is 9.86. The number of hydrogen-bond acceptors (Lipinski definition) is 4. The van der Waals surface area contributed by atoms with Crippen molar-refractivity contribution in [2.75, 3.05) is 39.3 Å². The van der Waals surface area contributed by atoms with E-state index in [1.165, 1.54) is 25.7 Å². The topological polar surface area (TPSA) is 35.9 Å². The van der Waals surface area contributed by atoms with Crippen LogP contribution in [-0.4, -0.2) is 72.5 Å². The van der Waals surface area contributed by atoms with E-state index in [9.17, 15) is 5.11 Å². The molecule has 2 rings (SSSR count). The molecule has 0 aromatic heterocycles. The molecule has 1 N–H and O–H groups in total. The minimum atomic E-state index is -0.352. The second kappa shape index (κ2) is 8.47. The van der Waals surface area contributed by atoms with Gasteiger partial charge in [0.05, 0.1) is 18.8 Å². The minimum Gasteiger partial charge on any atom is -0.389 e. The smallest absolute Gasteiger partial charge is 0.0900 e. The normalized spacial score (nSPS) is 30.7. The van der Waals surface area contributed by atoms with E-state index >= 15 is 0 Å². The summed E-state index contributed by atoms with van der Waals surface area (Å²) in [6.07, 6.45) is 5.41. The molecule has 0 radical (unpaired) electrons. The summed E-state index contributed by atoms with van der Waals surface area (Å²) < 4.78 is 5.48. The standard InChI is InChI=1S/C17H34N2O2/c1-14(2)21-13-17(20)12-18-8-10-19(11-9-18)16-6-4-15(3)5-7-16/h14-17,20H,4-13H2,1-3H3. The number of aliphatic hydroxyl groups is 1. The van der Waals surface area contributed by atoms with Crippen LogP contribution in [0.3, 0.4) is 0 Å². The zero-order valence-electron chi connectivity index (χ0n) is 14.1. The summed E-state index contributed by atoms with van der Waals surface area (Å²) in [5.41, 5.74) is 0. The van der Waals surface area contributed by atoms with Crippen LogP contribution in [0.25, 0.3) is 0 Å². The number of aliphatic hydroxyl groups excluding tert-OH is 1. The maximum atomic E-state index is 10.0. The number of piperazine rings is 1. The molecule has 0 amide bonds. The van der Waals surface area contributed by atoms with Gasteiger partial charge in [-0.2, -0.15) is 0 Å². The predicted octanol–water partition coefficient (Wildman–Crippen LogP) is 1.97. The first-order valence-corrected chi connectivity index (χ1v) is 8.80. The first kappa shape index (κ1) is 17.2. The van der Waals surface area contributed by atoms with Crippen molar-refractivity contribution in [3.05, 3.63) is 0 Å². The third-order valence-electron chi connectivity index (χ3n) is 5.00. The van der Waals surface area contributed by atoms with Crippen molar-refractivity contribution in [2.45, 2.75) is 64.7 Å². The molecule has 0 aromatic carbocycles. The van der Waals surface area contributed by atoms with Gasteiger partial charge in [-0.3, -0.25) is 9.80 Å². The Balaban J connectivity index is 1.64. The molecule has 1 heterocycles. The van der Waals surface area contributed by atoms with Gasteiger partial charge in [-0.25, -0.2) is 0 Å². The number of nitrogens with zero attached hydrogens (tertiary/aromatic N) is 2. The molecule has 0 aromatic rings. The molecular weight excluding hydrogens is 264 g/mol. The molecule has 21 heavy (non-hydrogen) atoms. The summed E-state index contributed by atoms with van der Waals surface area (Å²) in [6.45, 7) is 12.1. The van der Waals surface area contributed by atoms with Crippen molar-refractivity contribution in [1.29, 1.82) is 0 Å². The Bertz CT molecular complexity index is 283. The molecule has 1 saturated carbocycles. The lowest BCUT2D eigenvalue weighted by molar-refractivity contribution is -0.0181. The molecular formula is C17H34N2O2. The summed E-state index contributed by atoms with van der Waals surface area (Å²) in [5, 5.41) is 10.0. The quantitative estimate of drug-likeness (QED) is 0.813. The number of ether oxygens (including phenoxy) is 1. The molecule has 1 atom stereocenters. The van der Waals surface area contributed by atoms with Crippen LogP contribution in [0.4, 0.5) is 0 Å². The van der Waals surface area contributed by atoms with Crippen LogP contribution >= 0.6 is 0 Å². The fourth-order valence-electron chi connectivity index (χ4n) is 3.57. The van der Waals surface area contributed by atoms with Gasteiger partial charge in [0.25, 0.3) is 0 Å². The zero-order valence-corrected chi connectivity index (χ0v) is 14.1. The summed E-state index contributed by atoms with van der Waals surface area (Å²) in [4.78, 5) is 5.07. The second-order valence-corrected chi connectivity index (χ2v) is 7.29. The lowest BCUT2D eigenvalue weighted by Gasteiger charge is -2.42. The van der Waals surface area contributed by atoms with Crippen LogP contribution in [0, 0.1) is 5.92 Å². The molecule has 1 aliphatic heterocycles. The maximum absolute atomic E-state index is 10.0. The fraction of sp³-hybridized carbons (Fsp3) is 1.00. The van der Waals surface area contributed by atoms with E-state index in [2.05, 4.69) is 16.7 Å². The number of rotatable bonds is 6. The zero-order chi connectivity index (χ0) is 15.2. The monoisotopic (exact) mass is 298 g/mol. The predicted molar refractivity (Wildman–Crippen MR) is 86.5 cm³/mol. The van der Waals surface area contributed by atoms with Gasteiger partial charge in [-0.15, -0.1) is 0 Å². The summed E-state index contributed by atoms with van der Waals surface area (Å²) >= 11 is 0. The van der Waals surface area contributed by atoms with Crippen molar-refractivity contribution in [1.82, 2.24) is 9.80 Å². The molecule has 1 aliphatic carbocycles. The van der Waals surface area contributed by atoms with Gasteiger partial charge in [0.2, 0.25) is 0 Å². The van der Waals surface area contributed by atoms with Gasteiger partial charge in [-0.05, 0) is 45.4 Å². The Labute approximate surface area is 130 Å². The summed E-state index contributed by atoms with van der Waals surface area (Å²) in [7, 11) is 0. The fourth-order valence-corrected chi connectivity index (χ4v) is 3.57. The highest BCUT2D eigenvalue weighted by Gasteiger charge is 2.27. The maximum Gasteiger partial charge on any atom is 0.0900 e. The van der Waals surface area contributed by atoms with Crippen LogP contribution in [-0.2, 0) is 4.74 Å². The number of hydrogen-bond donors (Lipinski definition) is 1. The van der Waals surface area contributed by atoms with Crippen LogP contribution < -0.4 is 0 Å². The molecule has 4 nitrogen and oxygen atoms in total. The van der Waals surface area contributed by atoms with Gasteiger partial charge in [0, 0.05) is 38.8 Å². The van der Waals surface area contributed by atoms with Gasteiger partial charge >= 0.3 is 0 Å². The summed E-state index contributed by atoms with van der Waals surface area (Å²) in [5.74, 6) is 0.929. The van der Waals surface area contributed by atoms with Crippen molar-refractivity contribution >= 4 is 0 Å².